The normalized spacial score (nSPS) is 55.3. The van der Waals surface area contributed by atoms with Gasteiger partial charge in [-0.05, 0) is 98.2 Å². The van der Waals surface area contributed by atoms with Crippen LogP contribution in [0.1, 0.15) is 85.5 Å². The molecule has 9 atom stereocenters. The molecule has 0 spiro atoms. The SMILES string of the molecule is CCCO[C@H]1C[C@@]2(C)[C@@H](CC[C@@H]3[C@@H]2CC[C@]2(C)[C@H](C)CC[C@@H]32)C[C@@H]1O. The van der Waals surface area contributed by atoms with E-state index in [0.717, 1.165) is 49.5 Å². The summed E-state index contributed by atoms with van der Waals surface area (Å²) in [6, 6.07) is 0. The highest BCUT2D eigenvalue weighted by Gasteiger charge is 2.60. The van der Waals surface area contributed by atoms with Crippen LogP contribution in [0.3, 0.4) is 0 Å². The number of aliphatic hydroxyl groups is 1. The number of aliphatic hydroxyl groups excluding tert-OH is 1. The Morgan fingerprint density at radius 3 is 2.52 bits per heavy atom. The number of rotatable bonds is 3. The molecule has 0 radical (unpaired) electrons. The van der Waals surface area contributed by atoms with Gasteiger partial charge in [-0.1, -0.05) is 27.7 Å². The first kappa shape index (κ1) is 18.3. The van der Waals surface area contributed by atoms with E-state index >= 15 is 0 Å². The van der Waals surface area contributed by atoms with Crippen molar-refractivity contribution in [2.75, 3.05) is 6.61 Å². The number of hydrogen-bond acceptors (Lipinski definition) is 2. The molecule has 4 fully saturated rings. The molecule has 0 unspecified atom stereocenters. The fourth-order valence-corrected chi connectivity index (χ4v) is 7.95. The monoisotopic (exact) mass is 348 g/mol. The minimum atomic E-state index is -0.235. The maximum absolute atomic E-state index is 10.6. The van der Waals surface area contributed by atoms with E-state index in [4.69, 9.17) is 4.74 Å². The second-order valence-electron chi connectivity index (χ2n) is 10.6. The minimum absolute atomic E-state index is 0.0794. The van der Waals surface area contributed by atoms with E-state index in [1.54, 1.807) is 0 Å². The number of fused-ring (bicyclic) bond motifs is 5. The van der Waals surface area contributed by atoms with Crippen molar-refractivity contribution in [3.05, 3.63) is 0 Å². The van der Waals surface area contributed by atoms with Crippen LogP contribution in [-0.2, 0) is 4.74 Å². The standard InChI is InChI=1S/C23H40O2/c1-5-12-25-21-14-23(4)16(13-20(21)24)7-8-17-18-9-6-15(2)22(18,3)11-10-19(17)23/h15-21,24H,5-14H2,1-4H3/t15-,16+,17+,18+,19+,20+,21+,22-,23+/m1/s1. The van der Waals surface area contributed by atoms with E-state index in [2.05, 4.69) is 27.7 Å². The van der Waals surface area contributed by atoms with Gasteiger partial charge in [-0.15, -0.1) is 0 Å². The van der Waals surface area contributed by atoms with Gasteiger partial charge in [-0.3, -0.25) is 0 Å². The number of ether oxygens (including phenoxy) is 1. The molecule has 0 aromatic heterocycles. The van der Waals surface area contributed by atoms with E-state index in [0.29, 0.717) is 16.7 Å². The molecule has 144 valence electrons. The lowest BCUT2D eigenvalue weighted by Gasteiger charge is -2.61. The van der Waals surface area contributed by atoms with Crippen LogP contribution in [0.5, 0.6) is 0 Å². The summed E-state index contributed by atoms with van der Waals surface area (Å²) in [7, 11) is 0. The summed E-state index contributed by atoms with van der Waals surface area (Å²) < 4.78 is 6.11. The van der Waals surface area contributed by atoms with Crippen LogP contribution in [0.15, 0.2) is 0 Å². The van der Waals surface area contributed by atoms with Crippen LogP contribution in [-0.4, -0.2) is 23.9 Å². The molecule has 0 aliphatic heterocycles. The van der Waals surface area contributed by atoms with Gasteiger partial charge < -0.3 is 9.84 Å². The lowest BCUT2D eigenvalue weighted by atomic mass is 9.44. The summed E-state index contributed by atoms with van der Waals surface area (Å²) >= 11 is 0. The van der Waals surface area contributed by atoms with Crippen molar-refractivity contribution in [3.63, 3.8) is 0 Å². The fraction of sp³-hybridized carbons (Fsp3) is 1.00. The maximum Gasteiger partial charge on any atom is 0.0839 e. The molecule has 1 N–H and O–H groups in total. The van der Waals surface area contributed by atoms with Gasteiger partial charge in [0.1, 0.15) is 0 Å². The highest BCUT2D eigenvalue weighted by atomic mass is 16.5. The van der Waals surface area contributed by atoms with Crippen molar-refractivity contribution in [3.8, 4) is 0 Å². The van der Waals surface area contributed by atoms with Gasteiger partial charge in [0.05, 0.1) is 12.2 Å². The molecule has 2 nitrogen and oxygen atoms in total. The van der Waals surface area contributed by atoms with Crippen LogP contribution >= 0.6 is 0 Å². The van der Waals surface area contributed by atoms with Gasteiger partial charge in [0.2, 0.25) is 0 Å². The van der Waals surface area contributed by atoms with Gasteiger partial charge in [-0.25, -0.2) is 0 Å². The van der Waals surface area contributed by atoms with Gasteiger partial charge in [-0.2, -0.15) is 0 Å². The quantitative estimate of drug-likeness (QED) is 0.737. The molecule has 0 aromatic rings. The minimum Gasteiger partial charge on any atom is -0.390 e. The summed E-state index contributed by atoms with van der Waals surface area (Å²) in [6.45, 7) is 10.7. The average Bonchev–Trinajstić information content (AvgIpc) is 2.89. The molecule has 0 aromatic carbocycles. The highest BCUT2D eigenvalue weighted by molar-refractivity contribution is 5.09. The predicted molar refractivity (Wildman–Crippen MR) is 102 cm³/mol. The molecule has 2 heteroatoms. The van der Waals surface area contributed by atoms with Crippen molar-refractivity contribution >= 4 is 0 Å². The molecule has 0 amide bonds. The zero-order valence-corrected chi connectivity index (χ0v) is 17.0. The molecule has 4 saturated carbocycles. The Morgan fingerprint density at radius 1 is 1.00 bits per heavy atom. The lowest BCUT2D eigenvalue weighted by molar-refractivity contribution is -0.171. The first-order valence-corrected chi connectivity index (χ1v) is 11.2. The van der Waals surface area contributed by atoms with Crippen molar-refractivity contribution in [2.45, 2.75) is 97.7 Å². The molecular weight excluding hydrogens is 308 g/mol. The van der Waals surface area contributed by atoms with E-state index in [9.17, 15) is 5.11 Å². The van der Waals surface area contributed by atoms with Gasteiger partial charge >= 0.3 is 0 Å². The van der Waals surface area contributed by atoms with Crippen molar-refractivity contribution < 1.29 is 9.84 Å². The molecule has 4 aliphatic rings. The lowest BCUT2D eigenvalue weighted by Crippen LogP contribution is -2.57. The Bertz CT molecular complexity index is 490. The molecule has 4 rings (SSSR count). The third-order valence-electron chi connectivity index (χ3n) is 9.67. The molecule has 0 heterocycles. The first-order chi connectivity index (χ1) is 11.9. The summed E-state index contributed by atoms with van der Waals surface area (Å²) in [4.78, 5) is 0. The molecule has 4 aliphatic carbocycles. The largest absolute Gasteiger partial charge is 0.390 e. The van der Waals surface area contributed by atoms with E-state index in [-0.39, 0.29) is 12.2 Å². The Morgan fingerprint density at radius 2 is 1.76 bits per heavy atom. The third-order valence-corrected chi connectivity index (χ3v) is 9.67. The van der Waals surface area contributed by atoms with Crippen LogP contribution in [0, 0.1) is 40.4 Å². The Labute approximate surface area is 155 Å². The number of hydrogen-bond donors (Lipinski definition) is 1. The van der Waals surface area contributed by atoms with E-state index in [1.165, 1.54) is 38.5 Å². The van der Waals surface area contributed by atoms with Gasteiger partial charge in [0.25, 0.3) is 0 Å². The second-order valence-corrected chi connectivity index (χ2v) is 10.6. The zero-order chi connectivity index (χ0) is 17.8. The molecule has 0 saturated heterocycles. The third kappa shape index (κ3) is 2.73. The Hall–Kier alpha value is -0.0800. The highest BCUT2D eigenvalue weighted by Crippen LogP contribution is 2.67. The topological polar surface area (TPSA) is 29.5 Å². The van der Waals surface area contributed by atoms with Crippen LogP contribution in [0.2, 0.25) is 0 Å². The zero-order valence-electron chi connectivity index (χ0n) is 17.0. The van der Waals surface area contributed by atoms with Gasteiger partial charge in [0.15, 0.2) is 0 Å². The van der Waals surface area contributed by atoms with Crippen LogP contribution in [0.25, 0.3) is 0 Å². The fourth-order valence-electron chi connectivity index (χ4n) is 7.95. The Balaban J connectivity index is 1.57. The van der Waals surface area contributed by atoms with E-state index < -0.39 is 0 Å². The first-order valence-electron chi connectivity index (χ1n) is 11.2. The van der Waals surface area contributed by atoms with Crippen molar-refractivity contribution in [1.29, 1.82) is 0 Å². The van der Waals surface area contributed by atoms with E-state index in [1.807, 2.05) is 0 Å². The van der Waals surface area contributed by atoms with Gasteiger partial charge in [0, 0.05) is 6.61 Å². The van der Waals surface area contributed by atoms with Crippen molar-refractivity contribution in [2.24, 2.45) is 40.4 Å². The van der Waals surface area contributed by atoms with Crippen LogP contribution in [0.4, 0.5) is 0 Å². The predicted octanol–water partition coefficient (Wildman–Crippen LogP) is 5.43. The van der Waals surface area contributed by atoms with Crippen molar-refractivity contribution in [1.82, 2.24) is 0 Å². The summed E-state index contributed by atoms with van der Waals surface area (Å²) in [5.74, 6) is 4.40. The maximum atomic E-state index is 10.6. The van der Waals surface area contributed by atoms with Crippen LogP contribution < -0.4 is 0 Å². The molecule has 25 heavy (non-hydrogen) atoms. The summed E-state index contributed by atoms with van der Waals surface area (Å²) in [6.07, 6.45) is 11.5. The Kier molecular flexibility index (Phi) is 4.77. The molecule has 0 bridgehead atoms. The summed E-state index contributed by atoms with van der Waals surface area (Å²) in [5.41, 5.74) is 1.00. The average molecular weight is 349 g/mol. The summed E-state index contributed by atoms with van der Waals surface area (Å²) in [5, 5.41) is 10.6. The smallest absolute Gasteiger partial charge is 0.0839 e. The second kappa shape index (κ2) is 6.51. The molecular formula is C23H40O2.